The zero-order valence-corrected chi connectivity index (χ0v) is 10.2. The van der Waals surface area contributed by atoms with Gasteiger partial charge in [-0.2, -0.15) is 5.10 Å². The van der Waals surface area contributed by atoms with Gasteiger partial charge in [0.1, 0.15) is 6.04 Å². The zero-order valence-electron chi connectivity index (χ0n) is 8.64. The van der Waals surface area contributed by atoms with Gasteiger partial charge >= 0.3 is 5.97 Å². The molecule has 15 heavy (non-hydrogen) atoms. The van der Waals surface area contributed by atoms with Crippen LogP contribution in [-0.2, 0) is 11.3 Å². The number of hydrogen-bond acceptors (Lipinski definition) is 3. The summed E-state index contributed by atoms with van der Waals surface area (Å²) in [6.45, 7) is 4.14. The lowest BCUT2D eigenvalue weighted by Crippen LogP contribution is -2.43. The number of aliphatic carboxylic acids is 1. The van der Waals surface area contributed by atoms with E-state index in [0.717, 1.165) is 4.47 Å². The zero-order chi connectivity index (χ0) is 11.4. The Morgan fingerprint density at radius 2 is 2.40 bits per heavy atom. The Bertz CT molecular complexity index is 338. The summed E-state index contributed by atoms with van der Waals surface area (Å²) in [6, 6.07) is -0.484. The molecule has 6 heteroatoms. The molecule has 0 saturated carbocycles. The highest BCUT2D eigenvalue weighted by atomic mass is 79.9. The van der Waals surface area contributed by atoms with Crippen molar-refractivity contribution in [2.24, 2.45) is 0 Å². The first-order valence-electron chi connectivity index (χ1n) is 4.66. The fourth-order valence-electron chi connectivity index (χ4n) is 1.23. The number of halogens is 1. The van der Waals surface area contributed by atoms with Crippen LogP contribution in [0.2, 0.25) is 0 Å². The van der Waals surface area contributed by atoms with Crippen molar-refractivity contribution in [1.82, 2.24) is 15.1 Å². The van der Waals surface area contributed by atoms with Crippen LogP contribution in [0, 0.1) is 0 Å². The minimum Gasteiger partial charge on any atom is -0.480 e. The minimum atomic E-state index is -0.865. The quantitative estimate of drug-likeness (QED) is 0.845. The highest BCUT2D eigenvalue weighted by Gasteiger charge is 2.18. The van der Waals surface area contributed by atoms with Crippen molar-refractivity contribution in [1.29, 1.82) is 0 Å². The minimum absolute atomic E-state index is 0.130. The van der Waals surface area contributed by atoms with Gasteiger partial charge in [0, 0.05) is 12.2 Å². The topological polar surface area (TPSA) is 67.2 Å². The maximum atomic E-state index is 10.9. The Morgan fingerprint density at radius 3 is 2.80 bits per heavy atom. The molecule has 1 heterocycles. The molecule has 1 unspecified atom stereocenters. The third-order valence-electron chi connectivity index (χ3n) is 1.80. The SMILES string of the molecule is CC(C)NC(Cn1cc(Br)cn1)C(=O)O. The average Bonchev–Trinajstić information content (AvgIpc) is 2.49. The second-order valence-corrected chi connectivity index (χ2v) is 4.51. The predicted molar refractivity (Wildman–Crippen MR) is 59.6 cm³/mol. The summed E-state index contributed by atoms with van der Waals surface area (Å²) in [7, 11) is 0. The summed E-state index contributed by atoms with van der Waals surface area (Å²) in [4.78, 5) is 10.9. The van der Waals surface area contributed by atoms with Crippen molar-refractivity contribution in [3.05, 3.63) is 16.9 Å². The Labute approximate surface area is 96.6 Å². The van der Waals surface area contributed by atoms with Crippen molar-refractivity contribution < 1.29 is 9.90 Å². The fraction of sp³-hybridized carbons (Fsp3) is 0.556. The van der Waals surface area contributed by atoms with Gasteiger partial charge < -0.3 is 10.4 Å². The van der Waals surface area contributed by atoms with Crippen LogP contribution in [0.1, 0.15) is 13.8 Å². The number of rotatable bonds is 5. The molecular formula is C9H14BrN3O2. The van der Waals surface area contributed by atoms with E-state index in [-0.39, 0.29) is 6.04 Å². The molecule has 0 spiro atoms. The van der Waals surface area contributed by atoms with E-state index in [4.69, 9.17) is 5.11 Å². The Hall–Kier alpha value is -0.880. The van der Waals surface area contributed by atoms with E-state index in [9.17, 15) is 4.79 Å². The van der Waals surface area contributed by atoms with Gasteiger partial charge in [0.2, 0.25) is 0 Å². The van der Waals surface area contributed by atoms with Crippen LogP contribution in [0.4, 0.5) is 0 Å². The van der Waals surface area contributed by atoms with Gasteiger partial charge in [-0.05, 0) is 15.9 Å². The summed E-state index contributed by atoms with van der Waals surface area (Å²) in [6.07, 6.45) is 3.38. The Kier molecular flexibility index (Phi) is 4.28. The molecule has 0 radical (unpaired) electrons. The number of nitrogens with one attached hydrogen (secondary N) is 1. The monoisotopic (exact) mass is 275 g/mol. The summed E-state index contributed by atoms with van der Waals surface area (Å²) >= 11 is 3.26. The van der Waals surface area contributed by atoms with Crippen LogP contribution < -0.4 is 5.32 Å². The molecule has 0 fully saturated rings. The maximum absolute atomic E-state index is 10.9. The van der Waals surface area contributed by atoms with Crippen LogP contribution in [0.25, 0.3) is 0 Å². The highest BCUT2D eigenvalue weighted by molar-refractivity contribution is 9.10. The van der Waals surface area contributed by atoms with Gasteiger partial charge in [0.15, 0.2) is 0 Å². The number of aromatic nitrogens is 2. The van der Waals surface area contributed by atoms with Crippen molar-refractivity contribution in [2.45, 2.75) is 32.5 Å². The third kappa shape index (κ3) is 4.01. The van der Waals surface area contributed by atoms with Crippen LogP contribution >= 0.6 is 15.9 Å². The predicted octanol–water partition coefficient (Wildman–Crippen LogP) is 1.10. The van der Waals surface area contributed by atoms with Crippen molar-refractivity contribution in [3.63, 3.8) is 0 Å². The molecule has 2 N–H and O–H groups in total. The lowest BCUT2D eigenvalue weighted by molar-refractivity contribution is -0.140. The molecule has 5 nitrogen and oxygen atoms in total. The lowest BCUT2D eigenvalue weighted by atomic mass is 10.2. The number of carbonyl (C=O) groups is 1. The lowest BCUT2D eigenvalue weighted by Gasteiger charge is -2.16. The van der Waals surface area contributed by atoms with E-state index in [1.165, 1.54) is 0 Å². The molecule has 0 aliphatic heterocycles. The van der Waals surface area contributed by atoms with E-state index in [1.54, 1.807) is 17.1 Å². The number of carboxylic acids is 1. The van der Waals surface area contributed by atoms with Crippen LogP contribution in [0.5, 0.6) is 0 Å². The smallest absolute Gasteiger partial charge is 0.322 e. The Morgan fingerprint density at radius 1 is 1.73 bits per heavy atom. The molecule has 0 bridgehead atoms. The van der Waals surface area contributed by atoms with Crippen LogP contribution in [0.15, 0.2) is 16.9 Å². The first-order chi connectivity index (χ1) is 6.99. The van der Waals surface area contributed by atoms with Gasteiger partial charge in [-0.25, -0.2) is 0 Å². The molecule has 84 valence electrons. The van der Waals surface area contributed by atoms with Crippen molar-refractivity contribution >= 4 is 21.9 Å². The third-order valence-corrected chi connectivity index (χ3v) is 2.21. The van der Waals surface area contributed by atoms with Crippen LogP contribution in [0.3, 0.4) is 0 Å². The largest absolute Gasteiger partial charge is 0.480 e. The fourth-order valence-corrected chi connectivity index (χ4v) is 1.56. The summed E-state index contributed by atoms with van der Waals surface area (Å²) in [5.74, 6) is -0.865. The molecular weight excluding hydrogens is 262 g/mol. The summed E-state index contributed by atoms with van der Waals surface area (Å²) in [5.41, 5.74) is 0. The van der Waals surface area contributed by atoms with Gasteiger partial charge in [-0.3, -0.25) is 9.48 Å². The molecule has 0 aliphatic carbocycles. The number of nitrogens with zero attached hydrogens (tertiary/aromatic N) is 2. The molecule has 1 atom stereocenters. The molecule has 0 saturated heterocycles. The van der Waals surface area contributed by atoms with E-state index in [0.29, 0.717) is 6.54 Å². The first kappa shape index (κ1) is 12.2. The number of carboxylic acid groups (broad SMARTS) is 1. The molecule has 1 rings (SSSR count). The average molecular weight is 276 g/mol. The van der Waals surface area contributed by atoms with Gasteiger partial charge in [0.25, 0.3) is 0 Å². The molecule has 0 aliphatic rings. The summed E-state index contributed by atoms with van der Waals surface area (Å²) in [5, 5.41) is 15.9. The first-order valence-corrected chi connectivity index (χ1v) is 5.45. The van der Waals surface area contributed by atoms with E-state index in [1.807, 2.05) is 13.8 Å². The second kappa shape index (κ2) is 5.27. The molecule has 1 aromatic rings. The molecule has 0 amide bonds. The molecule has 0 aromatic carbocycles. The van der Waals surface area contributed by atoms with E-state index < -0.39 is 12.0 Å². The van der Waals surface area contributed by atoms with Crippen molar-refractivity contribution in [2.75, 3.05) is 0 Å². The highest BCUT2D eigenvalue weighted by Crippen LogP contribution is 2.06. The van der Waals surface area contributed by atoms with Gasteiger partial charge in [-0.1, -0.05) is 13.8 Å². The van der Waals surface area contributed by atoms with E-state index >= 15 is 0 Å². The maximum Gasteiger partial charge on any atom is 0.322 e. The van der Waals surface area contributed by atoms with Crippen molar-refractivity contribution in [3.8, 4) is 0 Å². The number of hydrogen-bond donors (Lipinski definition) is 2. The summed E-state index contributed by atoms with van der Waals surface area (Å²) < 4.78 is 2.44. The van der Waals surface area contributed by atoms with Gasteiger partial charge in [-0.15, -0.1) is 0 Å². The standard InChI is InChI=1S/C9H14BrN3O2/c1-6(2)12-8(9(14)15)5-13-4-7(10)3-11-13/h3-4,6,8,12H,5H2,1-2H3,(H,14,15). The van der Waals surface area contributed by atoms with Crippen LogP contribution in [-0.4, -0.2) is 32.9 Å². The molecule has 1 aromatic heterocycles. The Balaban J connectivity index is 2.62. The second-order valence-electron chi connectivity index (χ2n) is 3.59. The van der Waals surface area contributed by atoms with Gasteiger partial charge in [0.05, 0.1) is 17.2 Å². The van der Waals surface area contributed by atoms with E-state index in [2.05, 4.69) is 26.3 Å². The normalized spacial score (nSPS) is 13.1.